The van der Waals surface area contributed by atoms with E-state index < -0.39 is 10.0 Å². The predicted octanol–water partition coefficient (Wildman–Crippen LogP) is 4.73. The van der Waals surface area contributed by atoms with Crippen molar-refractivity contribution in [2.24, 2.45) is 0 Å². The summed E-state index contributed by atoms with van der Waals surface area (Å²) in [6, 6.07) is 10.4. The van der Waals surface area contributed by atoms with Gasteiger partial charge in [0.25, 0.3) is 5.91 Å². The van der Waals surface area contributed by atoms with Crippen LogP contribution < -0.4 is 4.90 Å². The van der Waals surface area contributed by atoms with Gasteiger partial charge in [-0.15, -0.1) is 12.4 Å². The first-order valence-corrected chi connectivity index (χ1v) is 14.8. The van der Waals surface area contributed by atoms with E-state index in [4.69, 9.17) is 9.72 Å². The van der Waals surface area contributed by atoms with E-state index in [1.807, 2.05) is 14.1 Å². The van der Waals surface area contributed by atoms with Gasteiger partial charge in [0.1, 0.15) is 0 Å². The summed E-state index contributed by atoms with van der Waals surface area (Å²) in [5, 5.41) is 0.650. The summed E-state index contributed by atoms with van der Waals surface area (Å²) >= 11 is 1.50. The van der Waals surface area contributed by atoms with Gasteiger partial charge in [-0.1, -0.05) is 11.3 Å². The highest BCUT2D eigenvalue weighted by Gasteiger charge is 2.27. The first kappa shape index (κ1) is 30.5. The highest BCUT2D eigenvalue weighted by Crippen LogP contribution is 2.32. The third-order valence-electron chi connectivity index (χ3n) is 6.75. The van der Waals surface area contributed by atoms with Crippen molar-refractivity contribution in [1.82, 2.24) is 14.2 Å². The molecule has 1 unspecified atom stereocenters. The van der Waals surface area contributed by atoms with Gasteiger partial charge in [0, 0.05) is 32.3 Å². The normalized spacial score (nSPS) is 15.8. The number of amides is 1. The smallest absolute Gasteiger partial charge is 0.260 e. The number of ether oxygens (including phenoxy) is 1. The van der Waals surface area contributed by atoms with E-state index in [1.54, 1.807) is 24.1 Å². The second-order valence-corrected chi connectivity index (χ2v) is 13.0. The van der Waals surface area contributed by atoms with Crippen molar-refractivity contribution >= 4 is 55.0 Å². The summed E-state index contributed by atoms with van der Waals surface area (Å²) in [4.78, 5) is 22.4. The number of benzene rings is 2. The summed E-state index contributed by atoms with van der Waals surface area (Å²) < 4.78 is 34.1. The number of aryl methyl sites for hydroxylation is 2. The van der Waals surface area contributed by atoms with Crippen molar-refractivity contribution in [3.8, 4) is 0 Å². The van der Waals surface area contributed by atoms with Crippen LogP contribution in [0.3, 0.4) is 0 Å². The van der Waals surface area contributed by atoms with E-state index in [9.17, 15) is 13.2 Å². The Hall–Kier alpha value is -2.08. The Bertz CT molecular complexity index is 1310. The fraction of sp³-hybridized carbons (Fsp3) is 0.481. The Kier molecular flexibility index (Phi) is 10.3. The maximum atomic E-state index is 13.7. The molecule has 0 N–H and O–H groups in total. The molecule has 0 radical (unpaired) electrons. The Morgan fingerprint density at radius 2 is 1.76 bits per heavy atom. The van der Waals surface area contributed by atoms with Gasteiger partial charge in [-0.2, -0.15) is 4.31 Å². The second-order valence-electron chi connectivity index (χ2n) is 9.96. The number of anilines is 1. The van der Waals surface area contributed by atoms with Gasteiger partial charge < -0.3 is 9.64 Å². The number of carbonyl (C=O) groups is 1. The van der Waals surface area contributed by atoms with E-state index in [1.165, 1.54) is 33.3 Å². The molecule has 38 heavy (non-hydrogen) atoms. The fourth-order valence-electron chi connectivity index (χ4n) is 4.39. The molecule has 0 aliphatic carbocycles. The summed E-state index contributed by atoms with van der Waals surface area (Å²) in [5.41, 5.74) is 3.66. The molecule has 2 heterocycles. The molecule has 1 aromatic heterocycles. The zero-order chi connectivity index (χ0) is 26.7. The van der Waals surface area contributed by atoms with Crippen LogP contribution in [-0.2, 0) is 14.8 Å². The van der Waals surface area contributed by atoms with E-state index in [-0.39, 0.29) is 29.3 Å². The molecule has 208 valence electrons. The van der Waals surface area contributed by atoms with Gasteiger partial charge in [0.2, 0.25) is 10.0 Å². The van der Waals surface area contributed by atoms with E-state index in [0.717, 1.165) is 41.6 Å². The minimum atomic E-state index is -3.68. The Morgan fingerprint density at radius 1 is 1.08 bits per heavy atom. The quantitative estimate of drug-likeness (QED) is 0.345. The molecular weight excluding hydrogens is 544 g/mol. The topological polar surface area (TPSA) is 83.1 Å². The molecule has 3 aromatic rings. The van der Waals surface area contributed by atoms with Crippen LogP contribution >= 0.6 is 23.7 Å². The minimum absolute atomic E-state index is 0. The van der Waals surface area contributed by atoms with E-state index in [0.29, 0.717) is 30.4 Å². The van der Waals surface area contributed by atoms with Crippen molar-refractivity contribution in [3.63, 3.8) is 0 Å². The maximum absolute atomic E-state index is 13.7. The molecule has 0 spiro atoms. The molecular formula is C27H37ClN4O4S2. The van der Waals surface area contributed by atoms with Crippen LogP contribution in [0, 0.1) is 13.8 Å². The number of rotatable bonds is 10. The van der Waals surface area contributed by atoms with Crippen LogP contribution in [0.4, 0.5) is 5.13 Å². The molecule has 1 amide bonds. The van der Waals surface area contributed by atoms with Gasteiger partial charge in [-0.25, -0.2) is 13.4 Å². The lowest BCUT2D eigenvalue weighted by Gasteiger charge is -2.22. The highest BCUT2D eigenvalue weighted by molar-refractivity contribution is 7.89. The number of halogens is 1. The van der Waals surface area contributed by atoms with Crippen molar-refractivity contribution in [1.29, 1.82) is 0 Å². The van der Waals surface area contributed by atoms with Gasteiger partial charge in [-0.05, 0) is 101 Å². The zero-order valence-electron chi connectivity index (χ0n) is 22.6. The largest absolute Gasteiger partial charge is 0.377 e. The molecule has 11 heteroatoms. The standard InChI is InChI=1S/C27H36N4O4S2.ClH/c1-19-16-24-25(17-20(19)2)36-27(28-24)31(14-7-13-29(3)4)26(32)21-9-11-23(12-10-21)37(33,34)30(5)18-22-8-6-15-35-22;/h9-12,16-17,22H,6-8,13-15,18H2,1-5H3;1H. The molecule has 1 saturated heterocycles. The van der Waals surface area contributed by atoms with Gasteiger partial charge in [0.15, 0.2) is 5.13 Å². The summed E-state index contributed by atoms with van der Waals surface area (Å²) in [7, 11) is 1.90. The molecule has 0 saturated carbocycles. The van der Waals surface area contributed by atoms with Crippen LogP contribution in [0.25, 0.3) is 10.2 Å². The van der Waals surface area contributed by atoms with Crippen LogP contribution in [0.15, 0.2) is 41.3 Å². The van der Waals surface area contributed by atoms with Crippen LogP contribution in [0.1, 0.15) is 40.7 Å². The van der Waals surface area contributed by atoms with Crippen molar-refractivity contribution in [2.45, 2.75) is 44.1 Å². The molecule has 8 nitrogen and oxygen atoms in total. The maximum Gasteiger partial charge on any atom is 0.260 e. The molecule has 1 fully saturated rings. The lowest BCUT2D eigenvalue weighted by atomic mass is 10.1. The van der Waals surface area contributed by atoms with E-state index >= 15 is 0 Å². The third-order valence-corrected chi connectivity index (χ3v) is 9.63. The molecule has 1 aliphatic heterocycles. The minimum Gasteiger partial charge on any atom is -0.377 e. The molecule has 0 bridgehead atoms. The lowest BCUT2D eigenvalue weighted by molar-refractivity contribution is 0.0978. The van der Waals surface area contributed by atoms with Crippen LogP contribution in [0.2, 0.25) is 0 Å². The third kappa shape index (κ3) is 6.91. The number of nitrogens with zero attached hydrogens (tertiary/aromatic N) is 4. The SMILES string of the molecule is Cc1cc2nc(N(CCCN(C)C)C(=O)c3ccc(S(=O)(=O)N(C)CC4CCCO4)cc3)sc2cc1C.Cl. The first-order valence-electron chi connectivity index (χ1n) is 12.6. The number of fused-ring (bicyclic) bond motifs is 1. The Balaban J connectivity index is 0.00000400. The highest BCUT2D eigenvalue weighted by atomic mass is 35.5. The number of carbonyl (C=O) groups excluding carboxylic acids is 1. The predicted molar refractivity (Wildman–Crippen MR) is 156 cm³/mol. The zero-order valence-corrected chi connectivity index (χ0v) is 25.1. The molecule has 4 rings (SSSR count). The first-order chi connectivity index (χ1) is 17.6. The Labute approximate surface area is 236 Å². The molecule has 2 aromatic carbocycles. The Morgan fingerprint density at radius 3 is 2.39 bits per heavy atom. The van der Waals surface area contributed by atoms with Crippen molar-refractivity contribution in [3.05, 3.63) is 53.1 Å². The number of thiazole rings is 1. The van der Waals surface area contributed by atoms with Crippen LogP contribution in [-0.4, -0.2) is 82.0 Å². The number of likely N-dealkylation sites (N-methyl/N-ethyl adjacent to an activating group) is 1. The van der Waals surface area contributed by atoms with E-state index in [2.05, 4.69) is 30.9 Å². The number of hydrogen-bond acceptors (Lipinski definition) is 7. The average molecular weight is 581 g/mol. The fourth-order valence-corrected chi connectivity index (χ4v) is 6.66. The molecule has 1 atom stereocenters. The monoisotopic (exact) mass is 580 g/mol. The van der Waals surface area contributed by atoms with Gasteiger partial charge in [0.05, 0.1) is 21.2 Å². The van der Waals surface area contributed by atoms with Crippen LogP contribution in [0.5, 0.6) is 0 Å². The average Bonchev–Trinajstić information content (AvgIpc) is 3.51. The number of hydrogen-bond donors (Lipinski definition) is 0. The summed E-state index contributed by atoms with van der Waals surface area (Å²) in [5.74, 6) is -0.192. The second kappa shape index (κ2) is 12.8. The number of sulfonamides is 1. The van der Waals surface area contributed by atoms with Gasteiger partial charge in [-0.3, -0.25) is 9.69 Å². The lowest BCUT2D eigenvalue weighted by Crippen LogP contribution is -2.34. The van der Waals surface area contributed by atoms with Crippen molar-refractivity contribution in [2.75, 3.05) is 52.3 Å². The molecule has 1 aliphatic rings. The van der Waals surface area contributed by atoms with Gasteiger partial charge >= 0.3 is 0 Å². The van der Waals surface area contributed by atoms with Crippen molar-refractivity contribution < 1.29 is 17.9 Å². The summed E-state index contributed by atoms with van der Waals surface area (Å²) in [6.07, 6.45) is 2.53. The number of aromatic nitrogens is 1. The summed E-state index contributed by atoms with van der Waals surface area (Å²) in [6.45, 7) is 6.47.